The van der Waals surface area contributed by atoms with Gasteiger partial charge in [-0.05, 0) is 84.3 Å². The molecule has 0 bridgehead atoms. The molecule has 1 aliphatic carbocycles. The van der Waals surface area contributed by atoms with Crippen LogP contribution in [0.25, 0.3) is 11.1 Å². The second kappa shape index (κ2) is 7.46. The van der Waals surface area contributed by atoms with E-state index in [9.17, 15) is 4.57 Å². The molecule has 0 aliphatic heterocycles. The van der Waals surface area contributed by atoms with Crippen LogP contribution in [0.3, 0.4) is 0 Å². The van der Waals surface area contributed by atoms with Gasteiger partial charge in [0.2, 0.25) is 0 Å². The molecular formula is C26H25OP. The average Bonchev–Trinajstić information content (AvgIpc) is 3.21. The van der Waals surface area contributed by atoms with Gasteiger partial charge in [0.25, 0.3) is 0 Å². The fraction of sp³-hybridized carbons (Fsp3) is 0.231. The van der Waals surface area contributed by atoms with Crippen LogP contribution < -0.4 is 5.30 Å². The molecule has 3 aromatic rings. The van der Waals surface area contributed by atoms with Crippen LogP contribution in [0, 0.1) is 25.4 Å². The molecule has 0 saturated carbocycles. The third-order valence-electron chi connectivity index (χ3n) is 5.77. The quantitative estimate of drug-likeness (QED) is 0.386. The van der Waals surface area contributed by atoms with Crippen LogP contribution >= 0.6 is 7.14 Å². The summed E-state index contributed by atoms with van der Waals surface area (Å²) in [6.45, 7) is 6.17. The predicted molar refractivity (Wildman–Crippen MR) is 120 cm³/mol. The first-order valence-corrected chi connectivity index (χ1v) is 12.0. The lowest BCUT2D eigenvalue weighted by molar-refractivity contribution is 0.591. The van der Waals surface area contributed by atoms with Gasteiger partial charge in [-0.1, -0.05) is 54.5 Å². The summed E-state index contributed by atoms with van der Waals surface area (Å²) in [6, 6.07) is 20.2. The van der Waals surface area contributed by atoms with E-state index in [4.69, 9.17) is 0 Å². The van der Waals surface area contributed by atoms with Gasteiger partial charge in [0.05, 0.1) is 0 Å². The van der Waals surface area contributed by atoms with E-state index in [1.54, 1.807) is 0 Å². The Morgan fingerprint density at radius 3 is 2.04 bits per heavy atom. The summed E-state index contributed by atoms with van der Waals surface area (Å²) >= 11 is 0. The van der Waals surface area contributed by atoms with Crippen molar-refractivity contribution in [1.29, 1.82) is 0 Å². The van der Waals surface area contributed by atoms with Crippen LogP contribution in [0.1, 0.15) is 34.2 Å². The van der Waals surface area contributed by atoms with Crippen LogP contribution in [-0.2, 0) is 17.4 Å². The van der Waals surface area contributed by atoms with Crippen LogP contribution in [0.4, 0.5) is 0 Å². The number of benzene rings is 3. The minimum absolute atomic E-state index is 0.904. The second-order valence-corrected chi connectivity index (χ2v) is 10.2. The van der Waals surface area contributed by atoms with Gasteiger partial charge in [0.1, 0.15) is 0 Å². The van der Waals surface area contributed by atoms with E-state index in [0.29, 0.717) is 0 Å². The van der Waals surface area contributed by atoms with Gasteiger partial charge < -0.3 is 4.57 Å². The Morgan fingerprint density at radius 1 is 0.821 bits per heavy atom. The van der Waals surface area contributed by atoms with Crippen molar-refractivity contribution < 1.29 is 4.57 Å². The topological polar surface area (TPSA) is 17.1 Å². The molecule has 0 N–H and O–H groups in total. The van der Waals surface area contributed by atoms with Crippen molar-refractivity contribution >= 4 is 12.4 Å². The maximum absolute atomic E-state index is 14.0. The van der Waals surface area contributed by atoms with Crippen molar-refractivity contribution in [2.75, 3.05) is 6.66 Å². The maximum Gasteiger partial charge on any atom is 0.181 e. The summed E-state index contributed by atoms with van der Waals surface area (Å²) in [5.74, 6) is 3.16. The molecule has 0 spiro atoms. The van der Waals surface area contributed by atoms with E-state index in [-0.39, 0.29) is 0 Å². The molecule has 3 aromatic carbocycles. The highest BCUT2D eigenvalue weighted by molar-refractivity contribution is 7.76. The third kappa shape index (κ3) is 3.34. The van der Waals surface area contributed by atoms with E-state index in [1.165, 1.54) is 28.7 Å². The monoisotopic (exact) mass is 384 g/mol. The number of rotatable bonds is 2. The van der Waals surface area contributed by atoms with Crippen LogP contribution in [0.2, 0.25) is 0 Å². The zero-order valence-corrected chi connectivity index (χ0v) is 17.6. The molecule has 0 amide bonds. The minimum Gasteiger partial charge on any atom is -0.305 e. The average molecular weight is 384 g/mol. The van der Waals surface area contributed by atoms with Gasteiger partial charge in [0.15, 0.2) is 7.14 Å². The molecule has 0 aromatic heterocycles. The Labute approximate surface area is 168 Å². The summed E-state index contributed by atoms with van der Waals surface area (Å²) in [4.78, 5) is 0. The molecule has 2 heteroatoms. The lowest BCUT2D eigenvalue weighted by Crippen LogP contribution is -2.16. The van der Waals surface area contributed by atoms with E-state index in [0.717, 1.165) is 34.8 Å². The summed E-state index contributed by atoms with van der Waals surface area (Å²) in [6.07, 6.45) is 3.38. The van der Waals surface area contributed by atoms with Gasteiger partial charge in [0, 0.05) is 17.5 Å². The number of hydrogen-bond acceptors (Lipinski definition) is 1. The molecule has 1 nitrogen and oxygen atoms in total. The molecule has 1 aliphatic rings. The van der Waals surface area contributed by atoms with Crippen molar-refractivity contribution in [2.24, 2.45) is 0 Å². The molecule has 0 heterocycles. The van der Waals surface area contributed by atoms with Crippen molar-refractivity contribution in [1.82, 2.24) is 0 Å². The maximum atomic E-state index is 14.0. The highest BCUT2D eigenvalue weighted by Gasteiger charge is 2.30. The first-order valence-electron chi connectivity index (χ1n) is 9.86. The van der Waals surface area contributed by atoms with Gasteiger partial charge >= 0.3 is 0 Å². The zero-order valence-electron chi connectivity index (χ0n) is 16.8. The molecular weight excluding hydrogens is 359 g/mol. The SMILES string of the molecule is Cc1c2c(c(C)c([P@](C)(=O)C#Cc3ccccc3)c1-c1ccccc1)CCC2. The number of hydrogen-bond donors (Lipinski definition) is 0. The van der Waals surface area contributed by atoms with E-state index in [2.05, 4.69) is 49.7 Å². The van der Waals surface area contributed by atoms with Gasteiger partial charge in [-0.3, -0.25) is 0 Å². The summed E-state index contributed by atoms with van der Waals surface area (Å²) < 4.78 is 14.0. The third-order valence-corrected chi connectivity index (χ3v) is 7.72. The van der Waals surface area contributed by atoms with Crippen molar-refractivity contribution in [2.45, 2.75) is 33.1 Å². The molecule has 140 valence electrons. The van der Waals surface area contributed by atoms with Crippen molar-refractivity contribution in [3.8, 4) is 22.7 Å². The first-order chi connectivity index (χ1) is 13.5. The lowest BCUT2D eigenvalue weighted by atomic mass is 9.91. The van der Waals surface area contributed by atoms with E-state index >= 15 is 0 Å². The van der Waals surface area contributed by atoms with Crippen LogP contribution in [0.15, 0.2) is 60.7 Å². The first kappa shape index (κ1) is 18.8. The largest absolute Gasteiger partial charge is 0.305 e. The van der Waals surface area contributed by atoms with E-state index < -0.39 is 7.14 Å². The Hall–Kier alpha value is -2.55. The fourth-order valence-corrected chi connectivity index (χ4v) is 6.42. The second-order valence-electron chi connectivity index (χ2n) is 7.68. The standard InChI is InChI=1S/C26H25OP/c1-19-23-15-10-16-24(23)20(2)26(25(19)22-13-8-5-9-14-22)28(3,27)18-17-21-11-6-4-7-12-21/h4-9,11-14H,10,15-16H2,1-3H3/t28-/m1/s1. The zero-order chi connectivity index (χ0) is 19.7. The Bertz CT molecular complexity index is 1130. The molecule has 1 atom stereocenters. The van der Waals surface area contributed by atoms with Crippen molar-refractivity contribution in [3.05, 3.63) is 88.5 Å². The molecule has 0 radical (unpaired) electrons. The smallest absolute Gasteiger partial charge is 0.181 e. The molecule has 4 rings (SSSR count). The minimum atomic E-state index is -2.87. The van der Waals surface area contributed by atoms with Gasteiger partial charge in [-0.25, -0.2) is 0 Å². The Balaban J connectivity index is 1.97. The van der Waals surface area contributed by atoms with Crippen molar-refractivity contribution in [3.63, 3.8) is 0 Å². The predicted octanol–water partition coefficient (Wildman–Crippen LogP) is 6.09. The highest BCUT2D eigenvalue weighted by atomic mass is 31.2. The fourth-order valence-electron chi connectivity index (χ4n) is 4.47. The normalized spacial score (nSPS) is 14.7. The van der Waals surface area contributed by atoms with Gasteiger partial charge in [-0.2, -0.15) is 0 Å². The Kier molecular flexibility index (Phi) is 5.01. The Morgan fingerprint density at radius 2 is 1.39 bits per heavy atom. The molecule has 28 heavy (non-hydrogen) atoms. The summed E-state index contributed by atoms with van der Waals surface area (Å²) in [5, 5.41) is 0.959. The lowest BCUT2D eigenvalue weighted by Gasteiger charge is -2.23. The van der Waals surface area contributed by atoms with Crippen LogP contribution in [-0.4, -0.2) is 6.66 Å². The number of fused-ring (bicyclic) bond motifs is 1. The van der Waals surface area contributed by atoms with E-state index in [1.807, 2.05) is 43.1 Å². The van der Waals surface area contributed by atoms with Gasteiger partial charge in [-0.15, -0.1) is 0 Å². The highest BCUT2D eigenvalue weighted by Crippen LogP contribution is 2.47. The summed E-state index contributed by atoms with van der Waals surface area (Å²) in [7, 11) is -2.87. The van der Waals surface area contributed by atoms with Crippen LogP contribution in [0.5, 0.6) is 0 Å². The molecule has 0 unspecified atom stereocenters. The molecule has 0 saturated heterocycles. The summed E-state index contributed by atoms with van der Waals surface area (Å²) in [5.41, 5.74) is 11.7. The molecule has 0 fully saturated rings.